The summed E-state index contributed by atoms with van der Waals surface area (Å²) >= 11 is 15.1. The van der Waals surface area contributed by atoms with Gasteiger partial charge in [0.15, 0.2) is 0 Å². The predicted octanol–water partition coefficient (Wildman–Crippen LogP) is 4.59. The van der Waals surface area contributed by atoms with Crippen LogP contribution in [0.15, 0.2) is 34.8 Å². The van der Waals surface area contributed by atoms with Crippen molar-refractivity contribution in [2.75, 3.05) is 5.32 Å². The van der Waals surface area contributed by atoms with Gasteiger partial charge in [-0.25, -0.2) is 9.78 Å². The Bertz CT molecular complexity index is 650. The first-order chi connectivity index (χ1) is 8.97. The van der Waals surface area contributed by atoms with E-state index in [1.807, 2.05) is 0 Å². The molecule has 0 aliphatic carbocycles. The summed E-state index contributed by atoms with van der Waals surface area (Å²) in [5.41, 5.74) is 0.550. The lowest BCUT2D eigenvalue weighted by atomic mass is 10.2. The number of nitrogens with one attached hydrogen (secondary N) is 1. The van der Waals surface area contributed by atoms with Gasteiger partial charge >= 0.3 is 5.97 Å². The highest BCUT2D eigenvalue weighted by Gasteiger charge is 2.13. The smallest absolute Gasteiger partial charge is 0.339 e. The van der Waals surface area contributed by atoms with Crippen LogP contribution in [0.4, 0.5) is 11.5 Å². The maximum atomic E-state index is 11.1. The summed E-state index contributed by atoms with van der Waals surface area (Å²) in [6, 6.07) is 7.97. The Morgan fingerprint density at radius 2 is 2.00 bits per heavy atom. The number of carbonyl (C=O) groups is 1. The minimum Gasteiger partial charge on any atom is -0.478 e. The number of rotatable bonds is 3. The number of aromatic carboxylic acids is 1. The summed E-state index contributed by atoms with van der Waals surface area (Å²) in [7, 11) is 0. The van der Waals surface area contributed by atoms with Crippen LogP contribution in [0.25, 0.3) is 0 Å². The maximum absolute atomic E-state index is 11.1. The lowest BCUT2D eigenvalue weighted by Crippen LogP contribution is -2.05. The Hall–Kier alpha value is -1.30. The van der Waals surface area contributed by atoms with Crippen molar-refractivity contribution in [2.45, 2.75) is 0 Å². The molecule has 7 heteroatoms. The minimum absolute atomic E-state index is 0.0143. The maximum Gasteiger partial charge on any atom is 0.339 e. The van der Waals surface area contributed by atoms with Crippen LogP contribution in [0.5, 0.6) is 0 Å². The molecule has 1 aromatic heterocycles. The highest BCUT2D eigenvalue weighted by atomic mass is 79.9. The van der Waals surface area contributed by atoms with Crippen molar-refractivity contribution in [3.63, 3.8) is 0 Å². The number of benzene rings is 1. The molecule has 4 nitrogen and oxygen atoms in total. The van der Waals surface area contributed by atoms with Crippen molar-refractivity contribution in [3.05, 3.63) is 50.5 Å². The molecule has 19 heavy (non-hydrogen) atoms. The van der Waals surface area contributed by atoms with E-state index < -0.39 is 5.97 Å². The Morgan fingerprint density at radius 1 is 1.26 bits per heavy atom. The molecule has 2 rings (SSSR count). The Labute approximate surface area is 127 Å². The van der Waals surface area contributed by atoms with Crippen LogP contribution >= 0.6 is 39.1 Å². The molecule has 2 N–H and O–H groups in total. The van der Waals surface area contributed by atoms with Crippen LogP contribution in [0.2, 0.25) is 10.2 Å². The zero-order valence-electron chi connectivity index (χ0n) is 9.32. The topological polar surface area (TPSA) is 62.2 Å². The van der Waals surface area contributed by atoms with E-state index in [2.05, 4.69) is 26.2 Å². The van der Waals surface area contributed by atoms with E-state index in [1.54, 1.807) is 18.2 Å². The number of anilines is 2. The monoisotopic (exact) mass is 360 g/mol. The third-order valence-corrected chi connectivity index (χ3v) is 3.31. The van der Waals surface area contributed by atoms with Gasteiger partial charge in [0, 0.05) is 4.47 Å². The van der Waals surface area contributed by atoms with Gasteiger partial charge in [-0.1, -0.05) is 39.1 Å². The van der Waals surface area contributed by atoms with Crippen LogP contribution in [0.1, 0.15) is 10.4 Å². The number of pyridine rings is 1. The van der Waals surface area contributed by atoms with Gasteiger partial charge in [0.2, 0.25) is 0 Å². The first-order valence-electron chi connectivity index (χ1n) is 5.09. The molecule has 0 spiro atoms. The number of carboxylic acid groups (broad SMARTS) is 1. The zero-order chi connectivity index (χ0) is 14.0. The standard InChI is InChI=1S/C12H7BrCl2N2O2/c13-6-1-3-8(14)9(5-6)16-11-7(12(18)19)2-4-10(15)17-11/h1-5H,(H,16,17)(H,18,19). The number of aromatic nitrogens is 1. The quantitative estimate of drug-likeness (QED) is 0.784. The molecule has 0 unspecified atom stereocenters. The summed E-state index contributed by atoms with van der Waals surface area (Å²) < 4.78 is 0.804. The zero-order valence-corrected chi connectivity index (χ0v) is 12.4. The molecule has 2 aromatic rings. The number of nitrogens with zero attached hydrogens (tertiary/aromatic N) is 1. The van der Waals surface area contributed by atoms with Crippen molar-refractivity contribution in [1.82, 2.24) is 4.98 Å². The summed E-state index contributed by atoms with van der Waals surface area (Å²) in [6.07, 6.45) is 0. The van der Waals surface area contributed by atoms with Crippen LogP contribution in [-0.2, 0) is 0 Å². The molecule has 0 saturated carbocycles. The lowest BCUT2D eigenvalue weighted by Gasteiger charge is -2.10. The van der Waals surface area contributed by atoms with Gasteiger partial charge in [0.05, 0.1) is 10.7 Å². The summed E-state index contributed by atoms with van der Waals surface area (Å²) in [6.45, 7) is 0. The largest absolute Gasteiger partial charge is 0.478 e. The fourth-order valence-corrected chi connectivity index (χ4v) is 2.10. The van der Waals surface area contributed by atoms with Crippen molar-refractivity contribution >= 4 is 56.6 Å². The third-order valence-electron chi connectivity index (χ3n) is 2.27. The number of hydrogen-bond donors (Lipinski definition) is 2. The molecule has 98 valence electrons. The van der Waals surface area contributed by atoms with E-state index in [0.717, 1.165) is 4.47 Å². The molecule has 0 aliphatic rings. The van der Waals surface area contributed by atoms with Crippen LogP contribution in [0.3, 0.4) is 0 Å². The van der Waals surface area contributed by atoms with Crippen molar-refractivity contribution in [3.8, 4) is 0 Å². The summed E-state index contributed by atoms with van der Waals surface area (Å²) in [5, 5.41) is 12.6. The van der Waals surface area contributed by atoms with Crippen LogP contribution in [-0.4, -0.2) is 16.1 Å². The van der Waals surface area contributed by atoms with Crippen LogP contribution < -0.4 is 5.32 Å². The van der Waals surface area contributed by atoms with E-state index in [1.165, 1.54) is 12.1 Å². The first kappa shape index (κ1) is 14.1. The average molecular weight is 362 g/mol. The fourth-order valence-electron chi connectivity index (χ4n) is 1.42. The number of carboxylic acids is 1. The molecule has 0 atom stereocenters. The molecule has 1 heterocycles. The normalized spacial score (nSPS) is 10.3. The Balaban J connectivity index is 2.45. The second kappa shape index (κ2) is 5.77. The van der Waals surface area contributed by atoms with Gasteiger partial charge in [-0.05, 0) is 30.3 Å². The van der Waals surface area contributed by atoms with E-state index in [0.29, 0.717) is 10.7 Å². The van der Waals surface area contributed by atoms with E-state index in [9.17, 15) is 4.79 Å². The predicted molar refractivity (Wildman–Crippen MR) is 78.6 cm³/mol. The number of hydrogen-bond acceptors (Lipinski definition) is 3. The van der Waals surface area contributed by atoms with Gasteiger partial charge in [-0.3, -0.25) is 0 Å². The van der Waals surface area contributed by atoms with E-state index in [4.69, 9.17) is 28.3 Å². The molecule has 0 radical (unpaired) electrons. The average Bonchev–Trinajstić information content (AvgIpc) is 2.33. The van der Waals surface area contributed by atoms with Crippen molar-refractivity contribution < 1.29 is 9.90 Å². The molecule has 0 bridgehead atoms. The SMILES string of the molecule is O=C(O)c1ccc(Cl)nc1Nc1cc(Br)ccc1Cl. The van der Waals surface area contributed by atoms with Gasteiger partial charge < -0.3 is 10.4 Å². The summed E-state index contributed by atoms with van der Waals surface area (Å²) in [4.78, 5) is 15.1. The second-order valence-electron chi connectivity index (χ2n) is 3.58. The van der Waals surface area contributed by atoms with Gasteiger partial charge in [-0.2, -0.15) is 0 Å². The molecular weight excluding hydrogens is 355 g/mol. The van der Waals surface area contributed by atoms with Crippen molar-refractivity contribution in [1.29, 1.82) is 0 Å². The fraction of sp³-hybridized carbons (Fsp3) is 0. The molecule has 0 aliphatic heterocycles. The van der Waals surface area contributed by atoms with Crippen molar-refractivity contribution in [2.24, 2.45) is 0 Å². The molecule has 0 saturated heterocycles. The van der Waals surface area contributed by atoms with Crippen LogP contribution in [0, 0.1) is 0 Å². The number of halogens is 3. The minimum atomic E-state index is -1.10. The molecular formula is C12H7BrCl2N2O2. The summed E-state index contributed by atoms with van der Waals surface area (Å²) in [5.74, 6) is -0.960. The van der Waals surface area contributed by atoms with Gasteiger partial charge in [0.1, 0.15) is 16.5 Å². The third kappa shape index (κ3) is 3.37. The highest BCUT2D eigenvalue weighted by Crippen LogP contribution is 2.29. The van der Waals surface area contributed by atoms with Gasteiger partial charge in [-0.15, -0.1) is 0 Å². The molecule has 1 aromatic carbocycles. The van der Waals surface area contributed by atoms with Gasteiger partial charge in [0.25, 0.3) is 0 Å². The Kier molecular flexibility index (Phi) is 4.29. The first-order valence-corrected chi connectivity index (χ1v) is 6.64. The molecule has 0 fully saturated rings. The lowest BCUT2D eigenvalue weighted by molar-refractivity contribution is 0.0697. The van der Waals surface area contributed by atoms with E-state index in [-0.39, 0.29) is 16.5 Å². The Morgan fingerprint density at radius 3 is 2.68 bits per heavy atom. The highest BCUT2D eigenvalue weighted by molar-refractivity contribution is 9.10. The second-order valence-corrected chi connectivity index (χ2v) is 5.29. The van der Waals surface area contributed by atoms with E-state index >= 15 is 0 Å². The molecule has 0 amide bonds.